The Balaban J connectivity index is 1.67. The summed E-state index contributed by atoms with van der Waals surface area (Å²) < 4.78 is 5.75. The first-order valence-corrected chi connectivity index (χ1v) is 11.6. The highest BCUT2D eigenvalue weighted by molar-refractivity contribution is 5.95. The fourth-order valence-corrected chi connectivity index (χ4v) is 3.65. The molecule has 3 N–H and O–H groups in total. The molecule has 4 rings (SSSR count). The zero-order valence-corrected chi connectivity index (χ0v) is 20.7. The van der Waals surface area contributed by atoms with Crippen molar-refractivity contribution < 1.29 is 14.3 Å². The van der Waals surface area contributed by atoms with Gasteiger partial charge in [0.25, 0.3) is 11.8 Å². The summed E-state index contributed by atoms with van der Waals surface area (Å²) in [6, 6.07) is 14.6. The molecule has 4 aromatic rings. The summed E-state index contributed by atoms with van der Waals surface area (Å²) in [4.78, 5) is 23.0. The van der Waals surface area contributed by atoms with Crippen LogP contribution in [0, 0.1) is 6.92 Å². The van der Waals surface area contributed by atoms with Crippen molar-refractivity contribution in [3.8, 4) is 11.5 Å². The molecule has 0 aliphatic rings. The fraction of sp³-hybridized carbons (Fsp3) is 0.269. The molecule has 1 atom stereocenters. The number of carbonyl (C=O) groups is 1. The summed E-state index contributed by atoms with van der Waals surface area (Å²) in [5, 5.41) is 24.8. The summed E-state index contributed by atoms with van der Waals surface area (Å²) in [7, 11) is 3.44. The number of aliphatic hydroxyl groups excluding tert-OH is 1. The Morgan fingerprint density at radius 1 is 1.14 bits per heavy atom. The number of benzene rings is 2. The molecule has 0 radical (unpaired) electrons. The zero-order valence-electron chi connectivity index (χ0n) is 20.7. The van der Waals surface area contributed by atoms with Gasteiger partial charge in [-0.15, -0.1) is 10.2 Å². The minimum absolute atomic E-state index is 0.0619. The van der Waals surface area contributed by atoms with Gasteiger partial charge in [-0.3, -0.25) is 4.79 Å². The van der Waals surface area contributed by atoms with Gasteiger partial charge in [-0.2, -0.15) is 4.98 Å². The molecule has 0 fully saturated rings. The molecule has 10 nitrogen and oxygen atoms in total. The van der Waals surface area contributed by atoms with Crippen molar-refractivity contribution in [2.75, 3.05) is 31.3 Å². The van der Waals surface area contributed by atoms with Gasteiger partial charge in [0, 0.05) is 38.0 Å². The van der Waals surface area contributed by atoms with E-state index < -0.39 is 6.04 Å². The van der Waals surface area contributed by atoms with E-state index in [0.29, 0.717) is 35.2 Å². The SMILES string of the molecule is CCc1nnc(-c2cnc(Nc3ccc(C(=O)N(C)C)c(C)c3)nc2N[C@H](CO)c2ccccc2)o1. The second-order valence-electron chi connectivity index (χ2n) is 8.45. The Hall–Kier alpha value is -4.31. The van der Waals surface area contributed by atoms with E-state index in [2.05, 4.69) is 30.8 Å². The molecule has 10 heteroatoms. The number of hydrogen-bond donors (Lipinski definition) is 3. The topological polar surface area (TPSA) is 129 Å². The average molecular weight is 488 g/mol. The lowest BCUT2D eigenvalue weighted by Crippen LogP contribution is -2.22. The highest BCUT2D eigenvalue weighted by Gasteiger charge is 2.20. The Morgan fingerprint density at radius 3 is 2.56 bits per heavy atom. The molecule has 36 heavy (non-hydrogen) atoms. The number of hydrogen-bond acceptors (Lipinski definition) is 9. The van der Waals surface area contributed by atoms with E-state index >= 15 is 0 Å². The lowest BCUT2D eigenvalue weighted by molar-refractivity contribution is 0.0827. The van der Waals surface area contributed by atoms with E-state index in [1.54, 1.807) is 37.3 Å². The zero-order chi connectivity index (χ0) is 25.7. The Labute approximate surface area is 209 Å². The molecule has 2 heterocycles. The summed E-state index contributed by atoms with van der Waals surface area (Å²) in [5.41, 5.74) is 3.60. The van der Waals surface area contributed by atoms with Crippen molar-refractivity contribution >= 4 is 23.4 Å². The number of rotatable bonds is 9. The van der Waals surface area contributed by atoms with Gasteiger partial charge in [-0.1, -0.05) is 37.3 Å². The van der Waals surface area contributed by atoms with Crippen molar-refractivity contribution in [3.05, 3.63) is 77.3 Å². The second-order valence-corrected chi connectivity index (χ2v) is 8.45. The van der Waals surface area contributed by atoms with Crippen molar-refractivity contribution in [1.29, 1.82) is 0 Å². The Morgan fingerprint density at radius 2 is 1.92 bits per heavy atom. The molecule has 2 aromatic carbocycles. The largest absolute Gasteiger partial charge is 0.421 e. The lowest BCUT2D eigenvalue weighted by atomic mass is 10.1. The number of aliphatic hydroxyl groups is 1. The van der Waals surface area contributed by atoms with Gasteiger partial charge in [0.15, 0.2) is 0 Å². The first kappa shape index (κ1) is 24.8. The molecule has 0 saturated heterocycles. The third-order valence-electron chi connectivity index (χ3n) is 5.60. The van der Waals surface area contributed by atoms with Crippen LogP contribution in [0.4, 0.5) is 17.5 Å². The quantitative estimate of drug-likeness (QED) is 0.321. The van der Waals surface area contributed by atoms with Gasteiger partial charge < -0.3 is 25.1 Å². The van der Waals surface area contributed by atoms with Gasteiger partial charge in [0.1, 0.15) is 5.82 Å². The maximum atomic E-state index is 12.4. The number of anilines is 3. The Kier molecular flexibility index (Phi) is 7.55. The average Bonchev–Trinajstić information content (AvgIpc) is 3.37. The first-order valence-electron chi connectivity index (χ1n) is 11.6. The van der Waals surface area contributed by atoms with Crippen LogP contribution in [0.3, 0.4) is 0 Å². The molecule has 0 spiro atoms. The van der Waals surface area contributed by atoms with Gasteiger partial charge in [0.05, 0.1) is 18.2 Å². The highest BCUT2D eigenvalue weighted by atomic mass is 16.4. The number of aryl methyl sites for hydroxylation is 2. The number of aromatic nitrogens is 4. The number of amides is 1. The molecule has 0 aliphatic heterocycles. The third-order valence-corrected chi connectivity index (χ3v) is 5.60. The third kappa shape index (κ3) is 5.49. The van der Waals surface area contributed by atoms with Crippen LogP contribution in [0.15, 0.2) is 59.1 Å². The van der Waals surface area contributed by atoms with Crippen LogP contribution in [0.1, 0.15) is 40.3 Å². The van der Waals surface area contributed by atoms with Crippen molar-refractivity contribution in [2.24, 2.45) is 0 Å². The molecule has 0 aliphatic carbocycles. The molecular weight excluding hydrogens is 458 g/mol. The van der Waals surface area contributed by atoms with E-state index in [1.165, 1.54) is 0 Å². The molecule has 1 amide bonds. The molecule has 0 bridgehead atoms. The first-order chi connectivity index (χ1) is 17.4. The molecule has 2 aromatic heterocycles. The van der Waals surface area contributed by atoms with E-state index in [1.807, 2.05) is 50.2 Å². The predicted molar refractivity (Wildman–Crippen MR) is 137 cm³/mol. The summed E-state index contributed by atoms with van der Waals surface area (Å²) in [5.74, 6) is 1.48. The van der Waals surface area contributed by atoms with Crippen molar-refractivity contribution in [3.63, 3.8) is 0 Å². The summed E-state index contributed by atoms with van der Waals surface area (Å²) >= 11 is 0. The minimum atomic E-state index is -0.417. The van der Waals surface area contributed by atoms with E-state index in [4.69, 9.17) is 4.42 Å². The molecule has 186 valence electrons. The van der Waals surface area contributed by atoms with Crippen LogP contribution in [0.2, 0.25) is 0 Å². The molecule has 0 saturated carbocycles. The van der Waals surface area contributed by atoms with Crippen LogP contribution in [0.5, 0.6) is 0 Å². The second kappa shape index (κ2) is 11.0. The minimum Gasteiger partial charge on any atom is -0.421 e. The molecular formula is C26H29N7O3. The van der Waals surface area contributed by atoms with E-state index in [0.717, 1.165) is 16.8 Å². The standard InChI is InChI=1S/C26H29N7O3/c1-5-22-31-32-24(36-22)20-14-27-26(28-18-11-12-19(16(2)13-18)25(35)33(3)4)30-23(20)29-21(15-34)17-9-7-6-8-10-17/h6-14,21,34H,5,15H2,1-4H3,(H2,27,28,29,30)/t21-/m1/s1. The van der Waals surface area contributed by atoms with Gasteiger partial charge in [-0.25, -0.2) is 4.98 Å². The Bertz CT molecular complexity index is 1340. The normalized spacial score (nSPS) is 11.7. The van der Waals surface area contributed by atoms with E-state index in [-0.39, 0.29) is 18.4 Å². The van der Waals surface area contributed by atoms with Crippen molar-refractivity contribution in [1.82, 2.24) is 25.1 Å². The smallest absolute Gasteiger partial charge is 0.253 e. The summed E-state index contributed by atoms with van der Waals surface area (Å²) in [6.07, 6.45) is 2.20. The van der Waals surface area contributed by atoms with Crippen LogP contribution >= 0.6 is 0 Å². The van der Waals surface area contributed by atoms with Crippen molar-refractivity contribution in [2.45, 2.75) is 26.3 Å². The fourth-order valence-electron chi connectivity index (χ4n) is 3.65. The maximum Gasteiger partial charge on any atom is 0.253 e. The maximum absolute atomic E-state index is 12.4. The van der Waals surface area contributed by atoms with E-state index in [9.17, 15) is 9.90 Å². The van der Waals surface area contributed by atoms with Gasteiger partial charge in [0.2, 0.25) is 11.8 Å². The highest BCUT2D eigenvalue weighted by Crippen LogP contribution is 2.30. The number of nitrogens with one attached hydrogen (secondary N) is 2. The lowest BCUT2D eigenvalue weighted by Gasteiger charge is -2.19. The number of carbonyl (C=O) groups excluding carboxylic acids is 1. The van der Waals surface area contributed by atoms with Crippen LogP contribution in [-0.4, -0.2) is 56.8 Å². The summed E-state index contributed by atoms with van der Waals surface area (Å²) in [6.45, 7) is 3.66. The predicted octanol–water partition coefficient (Wildman–Crippen LogP) is 3.99. The van der Waals surface area contributed by atoms with Crippen LogP contribution < -0.4 is 10.6 Å². The van der Waals surface area contributed by atoms with Gasteiger partial charge in [-0.05, 0) is 36.2 Å². The molecule has 0 unspecified atom stereocenters. The van der Waals surface area contributed by atoms with Crippen LogP contribution in [0.25, 0.3) is 11.5 Å². The van der Waals surface area contributed by atoms with Crippen LogP contribution in [-0.2, 0) is 6.42 Å². The number of nitrogens with zero attached hydrogens (tertiary/aromatic N) is 5. The van der Waals surface area contributed by atoms with Gasteiger partial charge >= 0.3 is 0 Å². The monoisotopic (exact) mass is 487 g/mol.